The van der Waals surface area contributed by atoms with Crippen LogP contribution in [0.1, 0.15) is 34.1 Å². The van der Waals surface area contributed by atoms with Crippen LogP contribution in [0, 0.1) is 0 Å². The Morgan fingerprint density at radius 3 is 1.37 bits per heavy atom. The summed E-state index contributed by atoms with van der Waals surface area (Å²) in [6.07, 6.45) is -81.1. The van der Waals surface area contributed by atoms with Crippen molar-refractivity contribution in [3.63, 3.8) is 0 Å². The van der Waals surface area contributed by atoms with Crippen LogP contribution in [0.2, 0.25) is 0 Å². The number of aliphatic carboxylic acids is 1. The van der Waals surface area contributed by atoms with Crippen LogP contribution in [0.15, 0.2) is 0 Å². The SMILES string of the molecule is CC(=O)N[C@H]1[C@H](O[C@@H]2[C@H](O[C@H]3O[C@H](CO)[C@H](O)[C@H](O[C@@H]4O[C@H](CO)[C@@H](O[C@@H]5O[C@H](CO)[C@H](O)[C@H](O[C@]6(C(=O)O)C[C@H](O)[C@@H](NC(C)=O)[C@H]([C@H](O)[C@H](O)CO)O6)[C@H]5O)[C@H](O[C@@H]5O[C@@H](C)[C@@H](O)[C@@H](O)[C@@H]5O)[C@H]4NC(C)=O)[C@H]3O)[C@@H](O)[C@H](O[C@H]3[C@H](O)[C@@H](O)[C@H](OC[C@@H](CO)NC=O)O[C@@H]3CO)O[C@@H]2CO)O[C@H](CO)[C@H](O)[C@@H]1O. The fraction of sp³-hybridized carbons (Fsp3) is 0.918. The first-order valence-corrected chi connectivity index (χ1v) is 34.8. The number of carboxylic acids is 1. The zero-order chi connectivity index (χ0) is 81.4. The predicted molar refractivity (Wildman–Crippen MR) is 339 cm³/mol. The van der Waals surface area contributed by atoms with Gasteiger partial charge < -0.3 is 220 Å². The molecule has 8 fully saturated rings. The normalized spacial score (nSPS) is 46.2. The highest BCUT2D eigenvalue weighted by Crippen LogP contribution is 2.42. The van der Waals surface area contributed by atoms with Crippen molar-refractivity contribution in [3.05, 3.63) is 0 Å². The molecule has 28 N–H and O–H groups in total. The molecule has 49 heteroatoms. The van der Waals surface area contributed by atoms with Gasteiger partial charge in [0.05, 0.1) is 83.8 Å². The highest BCUT2D eigenvalue weighted by molar-refractivity contribution is 5.77. The molecule has 8 saturated heterocycles. The van der Waals surface area contributed by atoms with Gasteiger partial charge in [-0.15, -0.1) is 0 Å². The van der Waals surface area contributed by atoms with Gasteiger partial charge in [0.1, 0.15) is 183 Å². The number of hydrogen-bond donors (Lipinski definition) is 28. The minimum Gasteiger partial charge on any atom is -0.477 e. The van der Waals surface area contributed by atoms with E-state index in [2.05, 4.69) is 21.3 Å². The summed E-state index contributed by atoms with van der Waals surface area (Å²) in [5, 5.41) is 276. The van der Waals surface area contributed by atoms with E-state index >= 15 is 0 Å². The Bertz CT molecular complexity index is 2910. The number of rotatable bonds is 33. The quantitative estimate of drug-likeness (QED) is 0.0271. The molecule has 8 rings (SSSR count). The number of aliphatic hydroxyl groups is 23. The Kier molecular flexibility index (Phi) is 33.3. The van der Waals surface area contributed by atoms with Crippen molar-refractivity contribution in [1.82, 2.24) is 21.3 Å². The third-order valence-corrected chi connectivity index (χ3v) is 19.8. The van der Waals surface area contributed by atoms with Crippen molar-refractivity contribution in [2.45, 2.75) is 291 Å². The lowest BCUT2D eigenvalue weighted by atomic mass is 9.88. The summed E-state index contributed by atoms with van der Waals surface area (Å²) in [6.45, 7) is -5.62. The largest absolute Gasteiger partial charge is 0.477 e. The molecular formula is C61H102N4O45. The average Bonchev–Trinajstić information content (AvgIpc) is 0.756. The zero-order valence-electron chi connectivity index (χ0n) is 59.1. The van der Waals surface area contributed by atoms with Crippen molar-refractivity contribution < 1.29 is 222 Å². The van der Waals surface area contributed by atoms with Gasteiger partial charge in [-0.05, 0) is 6.92 Å². The van der Waals surface area contributed by atoms with Gasteiger partial charge in [-0.25, -0.2) is 4.79 Å². The van der Waals surface area contributed by atoms with Crippen molar-refractivity contribution in [2.24, 2.45) is 0 Å². The third kappa shape index (κ3) is 20.2. The van der Waals surface area contributed by atoms with Crippen LogP contribution in [0.25, 0.3) is 0 Å². The number of amides is 4. The molecule has 636 valence electrons. The maximum absolute atomic E-state index is 13.6. The van der Waals surface area contributed by atoms with E-state index in [0.29, 0.717) is 0 Å². The molecule has 0 bridgehead atoms. The van der Waals surface area contributed by atoms with E-state index in [9.17, 15) is 147 Å². The van der Waals surface area contributed by atoms with Crippen LogP contribution >= 0.6 is 0 Å². The molecule has 8 aliphatic heterocycles. The molecule has 0 spiro atoms. The summed E-state index contributed by atoms with van der Waals surface area (Å²) in [7, 11) is 0. The first-order chi connectivity index (χ1) is 52.0. The minimum absolute atomic E-state index is 0.226. The van der Waals surface area contributed by atoms with E-state index in [0.717, 1.165) is 20.8 Å². The second kappa shape index (κ2) is 40.1. The smallest absolute Gasteiger partial charge is 0.364 e. The monoisotopic (exact) mass is 1610 g/mol. The fourth-order valence-corrected chi connectivity index (χ4v) is 13.9. The van der Waals surface area contributed by atoms with Gasteiger partial charge in [0.25, 0.3) is 5.79 Å². The Morgan fingerprint density at radius 2 is 0.836 bits per heavy atom. The molecule has 0 aliphatic carbocycles. The van der Waals surface area contributed by atoms with E-state index in [1.807, 2.05) is 0 Å². The van der Waals surface area contributed by atoms with Crippen molar-refractivity contribution in [1.29, 1.82) is 0 Å². The van der Waals surface area contributed by atoms with Gasteiger partial charge in [0.2, 0.25) is 24.1 Å². The van der Waals surface area contributed by atoms with E-state index in [4.69, 9.17) is 75.8 Å². The number of aliphatic hydroxyl groups excluding tert-OH is 23. The van der Waals surface area contributed by atoms with E-state index in [1.54, 1.807) is 0 Å². The lowest BCUT2D eigenvalue weighted by Gasteiger charge is -2.53. The minimum atomic E-state index is -3.34. The highest BCUT2D eigenvalue weighted by atomic mass is 16.8. The lowest BCUT2D eigenvalue weighted by Crippen LogP contribution is -2.72. The Hall–Kier alpha value is -4.21. The second-order valence-corrected chi connectivity index (χ2v) is 27.5. The molecule has 4 amide bonds. The summed E-state index contributed by atoms with van der Waals surface area (Å²) in [6, 6.07) is -6.78. The van der Waals surface area contributed by atoms with E-state index in [-0.39, 0.29) is 6.41 Å². The molecule has 8 aliphatic rings. The Balaban J connectivity index is 1.16. The van der Waals surface area contributed by atoms with Crippen LogP contribution < -0.4 is 21.3 Å². The summed E-state index contributed by atoms with van der Waals surface area (Å²) in [5.41, 5.74) is 0. The molecule has 0 unspecified atom stereocenters. The Morgan fingerprint density at radius 1 is 0.427 bits per heavy atom. The number of ether oxygens (including phenoxy) is 16. The molecular weight excluding hydrogens is 1510 g/mol. The van der Waals surface area contributed by atoms with E-state index < -0.39 is 347 Å². The van der Waals surface area contributed by atoms with Crippen LogP contribution in [-0.4, -0.2) is 469 Å². The highest BCUT2D eigenvalue weighted by Gasteiger charge is 2.63. The zero-order valence-corrected chi connectivity index (χ0v) is 59.1. The number of carbonyl (C=O) groups excluding carboxylic acids is 4. The lowest BCUT2D eigenvalue weighted by molar-refractivity contribution is -0.406. The first-order valence-electron chi connectivity index (χ1n) is 34.8. The van der Waals surface area contributed by atoms with Crippen LogP contribution in [0.4, 0.5) is 0 Å². The maximum Gasteiger partial charge on any atom is 0.364 e. The maximum atomic E-state index is 13.6. The molecule has 0 aromatic rings. The van der Waals surface area contributed by atoms with E-state index in [1.165, 1.54) is 6.92 Å². The third-order valence-electron chi connectivity index (χ3n) is 19.8. The molecule has 0 aromatic heterocycles. The average molecular weight is 1610 g/mol. The second-order valence-electron chi connectivity index (χ2n) is 27.5. The fourth-order valence-electron chi connectivity index (χ4n) is 13.9. The predicted octanol–water partition coefficient (Wildman–Crippen LogP) is -18.7. The van der Waals surface area contributed by atoms with Crippen molar-refractivity contribution in [3.8, 4) is 0 Å². The van der Waals surface area contributed by atoms with Crippen LogP contribution in [0.3, 0.4) is 0 Å². The van der Waals surface area contributed by atoms with Crippen molar-refractivity contribution in [2.75, 3.05) is 59.5 Å². The van der Waals surface area contributed by atoms with Crippen LogP contribution in [0.5, 0.6) is 0 Å². The number of carbonyl (C=O) groups is 5. The molecule has 110 heavy (non-hydrogen) atoms. The van der Waals surface area contributed by atoms with Crippen molar-refractivity contribution >= 4 is 30.1 Å². The number of hydrogen-bond acceptors (Lipinski definition) is 44. The summed E-state index contributed by atoms with van der Waals surface area (Å²) >= 11 is 0. The summed E-state index contributed by atoms with van der Waals surface area (Å²) in [4.78, 5) is 62.9. The van der Waals surface area contributed by atoms with Gasteiger partial charge in [-0.2, -0.15) is 0 Å². The van der Waals surface area contributed by atoms with Gasteiger partial charge in [0, 0.05) is 27.2 Å². The molecule has 42 atom stereocenters. The standard InChI is InChI=1S/C61H102N4O45/c1-16-32(80)38(86)40(88)56(96-16)106-49-31(65-19(4)77)54(100-27(12-72)46(49)105-58-43(91)51(36(84)25(10-70)99-58)110-61(60(93)94)5-21(78)29(63-17(2)75)48(109-61)33(81)22(79)7-67)107-50-35(83)24(9-69)98-57(42(50)90)108-52-44(92)59(103-45-26(11-71)101-55(41(89)39(45)87)95-14-20(6-66)62-15-74)102-28(13-73)47(52)104-53-30(64-18(3)76)37(85)34(82)23(8-68)97-53/h15-16,20-59,66-73,78-92H,5-14H2,1-4H3,(H,62,74)(H,63,75)(H,64,76)(H,65,77)(H,93,94)/t16-,20+,21-,22+,23+,24+,25+,26+,27+,28+,29+,30+,31+,32+,33+,34-,35-,36-,37+,38+,39+,40-,41+,42+,43+,44+,45+,46+,47-,48+,49+,50-,51-,52+,53-,54-,55+,56-,57+,58-,59-,61-/m0/s1. The van der Waals surface area contributed by atoms with Crippen LogP contribution in [-0.2, 0) is 99.8 Å². The first kappa shape index (κ1) is 91.3. The van der Waals surface area contributed by atoms with Gasteiger partial charge >= 0.3 is 5.97 Å². The number of nitrogens with one attached hydrogen (secondary N) is 4. The summed E-state index contributed by atoms with van der Waals surface area (Å²) in [5.74, 6) is -8.35. The molecule has 49 nitrogen and oxygen atoms in total. The topological polar surface area (TPSA) is 767 Å². The van der Waals surface area contributed by atoms with Gasteiger partial charge in [-0.3, -0.25) is 19.2 Å². The number of carboxylic acid groups (broad SMARTS) is 1. The molecule has 0 saturated carbocycles. The molecule has 0 aromatic carbocycles. The molecule has 8 heterocycles. The van der Waals surface area contributed by atoms with Gasteiger partial charge in [-0.1, -0.05) is 0 Å². The Labute approximate surface area is 622 Å². The molecule has 0 radical (unpaired) electrons. The van der Waals surface area contributed by atoms with Gasteiger partial charge in [0.15, 0.2) is 44.0 Å². The summed E-state index contributed by atoms with van der Waals surface area (Å²) < 4.78 is 95.3.